The molecule has 0 saturated heterocycles. The van der Waals surface area contributed by atoms with Crippen LogP contribution in [0.4, 0.5) is 11.4 Å². The normalized spacial score (nSPS) is 11.0. The molecule has 0 saturated carbocycles. The van der Waals surface area contributed by atoms with Gasteiger partial charge in [-0.05, 0) is 48.5 Å². The van der Waals surface area contributed by atoms with Crippen LogP contribution < -0.4 is 5.32 Å². The first-order valence-electron chi connectivity index (χ1n) is 7.37. The second-order valence-corrected chi connectivity index (χ2v) is 7.22. The topological polar surface area (TPSA) is 103 Å². The summed E-state index contributed by atoms with van der Waals surface area (Å²) in [4.78, 5) is 4.22. The first kappa shape index (κ1) is 16.7. The van der Waals surface area contributed by atoms with Crippen LogP contribution in [0.25, 0.3) is 0 Å². The highest BCUT2D eigenvalue weighted by atomic mass is 32.2. The number of benzene rings is 2. The number of hydrogen-bond donors (Lipinski definition) is 3. The highest BCUT2D eigenvalue weighted by Gasteiger charge is 2.18. The first-order valence-corrected chi connectivity index (χ1v) is 8.85. The molecular weight excluding hydrogens is 338 g/mol. The summed E-state index contributed by atoms with van der Waals surface area (Å²) in [5, 5.41) is 19.7. The molecule has 7 heteroatoms. The molecule has 0 radical (unpaired) electrons. The Morgan fingerprint density at radius 2 is 1.68 bits per heavy atom. The molecule has 0 aliphatic rings. The van der Waals surface area contributed by atoms with E-state index >= 15 is 0 Å². The lowest BCUT2D eigenvalue weighted by Gasteiger charge is -2.09. The van der Waals surface area contributed by atoms with Gasteiger partial charge < -0.3 is 15.8 Å². The van der Waals surface area contributed by atoms with Crippen LogP contribution in [-0.2, 0) is 9.84 Å². The predicted molar refractivity (Wildman–Crippen MR) is 95.4 cm³/mol. The van der Waals surface area contributed by atoms with E-state index in [4.69, 9.17) is 5.41 Å². The molecule has 6 nitrogen and oxygen atoms in total. The Morgan fingerprint density at radius 3 is 2.32 bits per heavy atom. The second kappa shape index (κ2) is 6.74. The maximum Gasteiger partial charge on any atom is 0.206 e. The summed E-state index contributed by atoms with van der Waals surface area (Å²) < 4.78 is 25.4. The van der Waals surface area contributed by atoms with Crippen molar-refractivity contribution in [1.82, 2.24) is 4.98 Å². The number of pyridine rings is 1. The van der Waals surface area contributed by atoms with Gasteiger partial charge in [0.2, 0.25) is 9.84 Å². The number of sulfone groups is 1. The van der Waals surface area contributed by atoms with Crippen molar-refractivity contribution in [3.8, 4) is 5.75 Å². The zero-order chi connectivity index (χ0) is 17.9. The fourth-order valence-corrected chi connectivity index (χ4v) is 3.60. The minimum Gasteiger partial charge on any atom is -0.508 e. The monoisotopic (exact) mass is 353 g/mol. The van der Waals surface area contributed by atoms with Gasteiger partial charge in [0.25, 0.3) is 0 Å². The lowest BCUT2D eigenvalue weighted by Crippen LogP contribution is -2.02. The summed E-state index contributed by atoms with van der Waals surface area (Å²) in [6.07, 6.45) is 2.71. The standard InChI is InChI=1S/C18H15N3O3S/c19-11-14-7-8-15(12-20-14)21-13-3-1-5-17(9-13)25(23,24)18-6-2-4-16(22)10-18/h1-12,19,21-22H. The smallest absolute Gasteiger partial charge is 0.206 e. The molecule has 3 N–H and O–H groups in total. The van der Waals surface area contributed by atoms with Crippen LogP contribution in [0.2, 0.25) is 0 Å². The predicted octanol–water partition coefficient (Wildman–Crippen LogP) is 3.36. The number of aromatic nitrogens is 1. The van der Waals surface area contributed by atoms with E-state index in [1.807, 2.05) is 0 Å². The molecule has 3 aromatic rings. The van der Waals surface area contributed by atoms with Gasteiger partial charge in [-0.25, -0.2) is 8.42 Å². The summed E-state index contributed by atoms with van der Waals surface area (Å²) in [5.74, 6) is -0.104. The van der Waals surface area contributed by atoms with E-state index in [-0.39, 0.29) is 15.5 Å². The van der Waals surface area contributed by atoms with Crippen molar-refractivity contribution >= 4 is 27.4 Å². The minimum atomic E-state index is -3.73. The first-order chi connectivity index (χ1) is 12.0. The maximum atomic E-state index is 12.7. The number of hydrogen-bond acceptors (Lipinski definition) is 6. The van der Waals surface area contributed by atoms with Gasteiger partial charge >= 0.3 is 0 Å². The third-order valence-corrected chi connectivity index (χ3v) is 5.24. The molecular formula is C18H15N3O3S. The molecule has 0 aliphatic heterocycles. The lowest BCUT2D eigenvalue weighted by molar-refractivity contribution is 0.473. The second-order valence-electron chi connectivity index (χ2n) is 5.27. The maximum absolute atomic E-state index is 12.7. The molecule has 0 bridgehead atoms. The molecule has 0 aliphatic carbocycles. The Balaban J connectivity index is 1.91. The highest BCUT2D eigenvalue weighted by Crippen LogP contribution is 2.26. The van der Waals surface area contributed by atoms with E-state index in [9.17, 15) is 13.5 Å². The van der Waals surface area contributed by atoms with Crippen molar-refractivity contribution in [2.24, 2.45) is 0 Å². The Kier molecular flexibility index (Phi) is 4.49. The average Bonchev–Trinajstić information content (AvgIpc) is 2.62. The van der Waals surface area contributed by atoms with Crippen LogP contribution >= 0.6 is 0 Å². The Labute approximate surface area is 145 Å². The number of rotatable bonds is 5. The molecule has 0 unspecified atom stereocenters. The van der Waals surface area contributed by atoms with Crippen LogP contribution in [-0.4, -0.2) is 24.7 Å². The van der Waals surface area contributed by atoms with Crippen LogP contribution in [0.5, 0.6) is 5.75 Å². The fourth-order valence-electron chi connectivity index (χ4n) is 2.26. The van der Waals surface area contributed by atoms with E-state index < -0.39 is 9.84 Å². The molecule has 25 heavy (non-hydrogen) atoms. The molecule has 126 valence electrons. The fraction of sp³-hybridized carbons (Fsp3) is 0. The average molecular weight is 353 g/mol. The molecule has 1 aromatic heterocycles. The molecule has 2 aromatic carbocycles. The van der Waals surface area contributed by atoms with Crippen LogP contribution in [0.15, 0.2) is 76.7 Å². The summed E-state index contributed by atoms with van der Waals surface area (Å²) in [7, 11) is -3.73. The third kappa shape index (κ3) is 3.67. The molecule has 0 spiro atoms. The zero-order valence-corrected chi connectivity index (χ0v) is 13.9. The largest absolute Gasteiger partial charge is 0.508 e. The summed E-state index contributed by atoms with van der Waals surface area (Å²) in [6.45, 7) is 0. The van der Waals surface area contributed by atoms with E-state index in [0.29, 0.717) is 17.1 Å². The highest BCUT2D eigenvalue weighted by molar-refractivity contribution is 7.91. The molecule has 0 fully saturated rings. The van der Waals surface area contributed by atoms with Crippen molar-refractivity contribution < 1.29 is 13.5 Å². The molecule has 3 rings (SSSR count). The van der Waals surface area contributed by atoms with E-state index in [0.717, 1.165) is 6.21 Å². The Bertz CT molecular complexity index is 1020. The summed E-state index contributed by atoms with van der Waals surface area (Å²) >= 11 is 0. The third-order valence-electron chi connectivity index (χ3n) is 3.50. The number of nitrogens with one attached hydrogen (secondary N) is 2. The van der Waals surface area contributed by atoms with E-state index in [1.54, 1.807) is 30.5 Å². The van der Waals surface area contributed by atoms with Crippen molar-refractivity contribution in [1.29, 1.82) is 5.41 Å². The van der Waals surface area contributed by atoms with Crippen LogP contribution in [0, 0.1) is 5.41 Å². The van der Waals surface area contributed by atoms with Gasteiger partial charge in [0.1, 0.15) is 5.75 Å². The van der Waals surface area contributed by atoms with E-state index in [2.05, 4.69) is 10.3 Å². The summed E-state index contributed by atoms with van der Waals surface area (Å²) in [5.41, 5.74) is 1.80. The lowest BCUT2D eigenvalue weighted by atomic mass is 10.3. The van der Waals surface area contributed by atoms with Gasteiger partial charge in [0, 0.05) is 11.9 Å². The SMILES string of the molecule is N=Cc1ccc(Nc2cccc(S(=O)(=O)c3cccc(O)c3)c2)cn1. The van der Waals surface area contributed by atoms with Crippen molar-refractivity contribution in [2.75, 3.05) is 5.32 Å². The summed E-state index contributed by atoms with van der Waals surface area (Å²) in [6, 6.07) is 15.4. The quantitative estimate of drug-likeness (QED) is 0.610. The number of phenols is 1. The number of anilines is 2. The molecule has 1 heterocycles. The van der Waals surface area contributed by atoms with Gasteiger partial charge in [-0.15, -0.1) is 0 Å². The van der Waals surface area contributed by atoms with Crippen LogP contribution in [0.1, 0.15) is 5.69 Å². The van der Waals surface area contributed by atoms with Crippen LogP contribution in [0.3, 0.4) is 0 Å². The van der Waals surface area contributed by atoms with E-state index in [1.165, 1.54) is 36.4 Å². The van der Waals surface area contributed by atoms with Gasteiger partial charge in [0.15, 0.2) is 0 Å². The zero-order valence-electron chi connectivity index (χ0n) is 13.0. The molecule has 0 amide bonds. The van der Waals surface area contributed by atoms with Crippen molar-refractivity contribution in [3.63, 3.8) is 0 Å². The molecule has 0 atom stereocenters. The van der Waals surface area contributed by atoms with Gasteiger partial charge in [-0.3, -0.25) is 4.98 Å². The Morgan fingerprint density at radius 1 is 0.960 bits per heavy atom. The number of nitrogens with zero attached hydrogens (tertiary/aromatic N) is 1. The van der Waals surface area contributed by atoms with Gasteiger partial charge in [-0.2, -0.15) is 0 Å². The van der Waals surface area contributed by atoms with Gasteiger partial charge in [-0.1, -0.05) is 12.1 Å². The Hall–Kier alpha value is -3.19. The number of phenolic OH excluding ortho intramolecular Hbond substituents is 1. The van der Waals surface area contributed by atoms with Crippen molar-refractivity contribution in [3.05, 3.63) is 72.6 Å². The number of aromatic hydroxyl groups is 1. The van der Waals surface area contributed by atoms with Crippen molar-refractivity contribution in [2.45, 2.75) is 9.79 Å². The van der Waals surface area contributed by atoms with Gasteiger partial charge in [0.05, 0.1) is 27.4 Å². The minimum absolute atomic E-state index is 0.0293.